The van der Waals surface area contributed by atoms with Crippen molar-refractivity contribution in [2.75, 3.05) is 6.54 Å². The number of carbonyl (C=O) groups is 1. The minimum atomic E-state index is -1.07. The Labute approximate surface area is 101 Å². The second-order valence-corrected chi connectivity index (χ2v) is 3.56. The molecule has 0 aliphatic carbocycles. The Hall–Kier alpha value is -2.57. The monoisotopic (exact) mass is 249 g/mol. The summed E-state index contributed by atoms with van der Waals surface area (Å²) >= 11 is 0. The molecule has 0 aliphatic heterocycles. The zero-order valence-corrected chi connectivity index (χ0v) is 9.34. The van der Waals surface area contributed by atoms with Gasteiger partial charge in [-0.2, -0.15) is 0 Å². The molecule has 0 saturated carbocycles. The molecule has 0 unspecified atom stereocenters. The first-order valence-electron chi connectivity index (χ1n) is 5.27. The van der Waals surface area contributed by atoms with Gasteiger partial charge in [-0.3, -0.25) is 0 Å². The van der Waals surface area contributed by atoms with Gasteiger partial charge in [-0.05, 0) is 18.1 Å². The van der Waals surface area contributed by atoms with Gasteiger partial charge in [-0.15, -0.1) is 5.10 Å². The van der Waals surface area contributed by atoms with Crippen LogP contribution in [0.15, 0.2) is 33.5 Å². The van der Waals surface area contributed by atoms with Gasteiger partial charge in [0.2, 0.25) is 5.89 Å². The van der Waals surface area contributed by atoms with E-state index in [4.69, 9.17) is 9.52 Å². The highest BCUT2D eigenvalue weighted by Crippen LogP contribution is 2.20. The van der Waals surface area contributed by atoms with Gasteiger partial charge >= 0.3 is 11.8 Å². The van der Waals surface area contributed by atoms with Crippen LogP contribution in [0.2, 0.25) is 0 Å². The number of nitrogens with zero attached hydrogens (tertiary/aromatic N) is 1. The maximum atomic E-state index is 10.9. The molecule has 0 saturated heterocycles. The number of nitrogens with one attached hydrogen (secondary N) is 2. The second-order valence-electron chi connectivity index (χ2n) is 3.56. The highest BCUT2D eigenvalue weighted by atomic mass is 16.4. The van der Waals surface area contributed by atoms with Crippen molar-refractivity contribution in [1.29, 1.82) is 0 Å². The van der Waals surface area contributed by atoms with Gasteiger partial charge in [0.05, 0.1) is 0 Å². The predicted octanol–water partition coefficient (Wildman–Crippen LogP) is 0.840. The summed E-state index contributed by atoms with van der Waals surface area (Å²) in [5.41, 5.74) is 1.52. The Kier molecular flexibility index (Phi) is 3.42. The normalized spacial score (nSPS) is 10.2. The maximum Gasteiger partial charge on any atom is 0.434 e. The third kappa shape index (κ3) is 2.76. The highest BCUT2D eigenvalue weighted by Gasteiger charge is 2.10. The lowest BCUT2D eigenvalue weighted by Crippen LogP contribution is -2.23. The molecule has 18 heavy (non-hydrogen) atoms. The fourth-order valence-corrected chi connectivity index (χ4v) is 1.60. The molecular weight excluding hydrogens is 238 g/mol. The molecule has 0 aliphatic rings. The number of rotatable bonds is 4. The van der Waals surface area contributed by atoms with Gasteiger partial charge in [0, 0.05) is 12.1 Å². The van der Waals surface area contributed by atoms with Crippen molar-refractivity contribution in [3.63, 3.8) is 0 Å². The summed E-state index contributed by atoms with van der Waals surface area (Å²) in [6, 6.07) is 7.20. The molecule has 0 radical (unpaired) electrons. The van der Waals surface area contributed by atoms with Crippen LogP contribution in [0.3, 0.4) is 0 Å². The number of amides is 1. The molecule has 94 valence electrons. The van der Waals surface area contributed by atoms with Crippen LogP contribution in [-0.2, 0) is 6.42 Å². The van der Waals surface area contributed by atoms with E-state index >= 15 is 0 Å². The molecule has 7 heteroatoms. The average Bonchev–Trinajstić information content (AvgIpc) is 2.76. The van der Waals surface area contributed by atoms with Crippen LogP contribution >= 0.6 is 0 Å². The quantitative estimate of drug-likeness (QED) is 0.744. The third-order valence-electron chi connectivity index (χ3n) is 2.36. The van der Waals surface area contributed by atoms with Gasteiger partial charge in [-0.25, -0.2) is 14.7 Å². The van der Waals surface area contributed by atoms with Crippen molar-refractivity contribution >= 4 is 6.09 Å². The number of H-pyrrole nitrogens is 1. The highest BCUT2D eigenvalue weighted by molar-refractivity contribution is 5.64. The molecule has 7 nitrogen and oxygen atoms in total. The maximum absolute atomic E-state index is 10.9. The molecule has 1 aromatic heterocycles. The topological polar surface area (TPSA) is 108 Å². The lowest BCUT2D eigenvalue weighted by Gasteiger charge is -2.05. The van der Waals surface area contributed by atoms with Gasteiger partial charge in [0.1, 0.15) is 0 Å². The van der Waals surface area contributed by atoms with Gasteiger partial charge in [0.25, 0.3) is 0 Å². The Bertz CT molecular complexity index is 602. The zero-order chi connectivity index (χ0) is 13.0. The van der Waals surface area contributed by atoms with E-state index < -0.39 is 11.8 Å². The Morgan fingerprint density at radius 2 is 2.22 bits per heavy atom. The summed E-state index contributed by atoms with van der Waals surface area (Å²) in [4.78, 5) is 21.3. The van der Waals surface area contributed by atoms with Crippen LogP contribution in [0.5, 0.6) is 0 Å². The van der Waals surface area contributed by atoms with E-state index in [1.54, 1.807) is 12.1 Å². The number of hydrogen-bond donors (Lipinski definition) is 3. The van der Waals surface area contributed by atoms with Crippen LogP contribution in [-0.4, -0.2) is 27.9 Å². The van der Waals surface area contributed by atoms with E-state index in [9.17, 15) is 9.59 Å². The molecule has 3 N–H and O–H groups in total. The van der Waals surface area contributed by atoms with E-state index in [0.29, 0.717) is 12.0 Å². The standard InChI is InChI=1S/C11H11N3O4/c15-10(16)12-6-5-7-3-1-2-4-8(7)9-13-14-11(17)18-9/h1-4,12H,5-6H2,(H,14,17)(H,15,16). The summed E-state index contributed by atoms with van der Waals surface area (Å²) in [5, 5.41) is 16.7. The fraction of sp³-hybridized carbons (Fsp3) is 0.182. The lowest BCUT2D eigenvalue weighted by molar-refractivity contribution is 0.194. The van der Waals surface area contributed by atoms with Crippen LogP contribution in [0, 0.1) is 0 Å². The summed E-state index contributed by atoms with van der Waals surface area (Å²) < 4.78 is 4.88. The molecule has 0 bridgehead atoms. The van der Waals surface area contributed by atoms with Crippen LogP contribution < -0.4 is 11.1 Å². The van der Waals surface area contributed by atoms with Crippen molar-refractivity contribution in [1.82, 2.24) is 15.5 Å². The summed E-state index contributed by atoms with van der Waals surface area (Å²) in [7, 11) is 0. The third-order valence-corrected chi connectivity index (χ3v) is 2.36. The molecule has 1 amide bonds. The van der Waals surface area contributed by atoms with Crippen LogP contribution in [0.4, 0.5) is 4.79 Å². The number of hydrogen-bond acceptors (Lipinski definition) is 4. The number of carboxylic acid groups (broad SMARTS) is 1. The van der Waals surface area contributed by atoms with Crippen molar-refractivity contribution in [3.8, 4) is 11.5 Å². The van der Waals surface area contributed by atoms with Crippen molar-refractivity contribution in [3.05, 3.63) is 40.4 Å². The molecule has 0 fully saturated rings. The first kappa shape index (κ1) is 11.9. The average molecular weight is 249 g/mol. The Morgan fingerprint density at radius 3 is 2.89 bits per heavy atom. The van der Waals surface area contributed by atoms with Crippen LogP contribution in [0.25, 0.3) is 11.5 Å². The lowest BCUT2D eigenvalue weighted by atomic mass is 10.0. The Morgan fingerprint density at radius 1 is 1.44 bits per heavy atom. The summed E-state index contributed by atoms with van der Waals surface area (Å²) in [6.07, 6.45) is -0.585. The molecular formula is C11H11N3O4. The SMILES string of the molecule is O=C(O)NCCc1ccccc1-c1n[nH]c(=O)o1. The molecule has 1 aromatic carbocycles. The fourth-order valence-electron chi connectivity index (χ4n) is 1.60. The first-order chi connectivity index (χ1) is 8.66. The van der Waals surface area contributed by atoms with Gasteiger partial charge in [0.15, 0.2) is 0 Å². The summed E-state index contributed by atoms with van der Waals surface area (Å²) in [5.74, 6) is -0.422. The van der Waals surface area contributed by atoms with Crippen LogP contribution in [0.1, 0.15) is 5.56 Å². The largest absolute Gasteiger partial charge is 0.465 e. The molecule has 2 aromatic rings. The van der Waals surface area contributed by atoms with E-state index in [1.807, 2.05) is 12.1 Å². The molecule has 0 spiro atoms. The smallest absolute Gasteiger partial charge is 0.434 e. The predicted molar refractivity (Wildman–Crippen MR) is 62.3 cm³/mol. The molecule has 0 atom stereocenters. The van der Waals surface area contributed by atoms with E-state index in [0.717, 1.165) is 5.56 Å². The number of benzene rings is 1. The van der Waals surface area contributed by atoms with E-state index in [2.05, 4.69) is 15.5 Å². The first-order valence-corrected chi connectivity index (χ1v) is 5.27. The number of aromatic nitrogens is 2. The zero-order valence-electron chi connectivity index (χ0n) is 9.34. The molecule has 1 heterocycles. The van der Waals surface area contributed by atoms with Gasteiger partial charge in [-0.1, -0.05) is 18.2 Å². The van der Waals surface area contributed by atoms with E-state index in [1.165, 1.54) is 0 Å². The van der Waals surface area contributed by atoms with Crippen molar-refractivity contribution in [2.24, 2.45) is 0 Å². The number of aromatic amines is 1. The second kappa shape index (κ2) is 5.17. The molecule has 2 rings (SSSR count). The van der Waals surface area contributed by atoms with Gasteiger partial charge < -0.3 is 14.8 Å². The minimum Gasteiger partial charge on any atom is -0.465 e. The Balaban J connectivity index is 2.20. The summed E-state index contributed by atoms with van der Waals surface area (Å²) in [6.45, 7) is 0.279. The minimum absolute atomic E-state index is 0.200. The van der Waals surface area contributed by atoms with Crippen molar-refractivity contribution in [2.45, 2.75) is 6.42 Å². The van der Waals surface area contributed by atoms with E-state index in [-0.39, 0.29) is 12.4 Å². The van der Waals surface area contributed by atoms with Crippen molar-refractivity contribution < 1.29 is 14.3 Å².